The summed E-state index contributed by atoms with van der Waals surface area (Å²) in [6, 6.07) is 11.6. The van der Waals surface area contributed by atoms with Gasteiger partial charge >= 0.3 is 0 Å². The van der Waals surface area contributed by atoms with Crippen LogP contribution in [0.25, 0.3) is 11.3 Å². The van der Waals surface area contributed by atoms with Crippen LogP contribution in [-0.2, 0) is 20.9 Å². The number of amides is 4. The number of hydrogen-bond acceptors (Lipinski definition) is 10. The summed E-state index contributed by atoms with van der Waals surface area (Å²) in [5.74, 6) is 5.06. The number of benzene rings is 2. The van der Waals surface area contributed by atoms with Crippen molar-refractivity contribution in [1.29, 1.82) is 0 Å². The highest BCUT2D eigenvalue weighted by Crippen LogP contribution is 2.39. The molecule has 4 aliphatic heterocycles. The van der Waals surface area contributed by atoms with Gasteiger partial charge in [-0.2, -0.15) is 0 Å². The third-order valence-corrected chi connectivity index (χ3v) is 11.4. The predicted octanol–water partition coefficient (Wildman–Crippen LogP) is 5.86. The number of hydrogen-bond donors (Lipinski definition) is 2. The maximum atomic E-state index is 15.1. The lowest BCUT2D eigenvalue weighted by atomic mass is 9.90. The SMILES string of the molecule is CC(C)N1CCOc2c(F)cc(-c3nc(Nc4ccc(C5CCN(C(=O)CCCC#Cc6ccc7c(c6)C(=O)N(C6CCC(=O)NC6=O)C7)CC5)cn4)ncc3F)cc21. The maximum absolute atomic E-state index is 15.1. The van der Waals surface area contributed by atoms with Crippen LogP contribution in [0, 0.1) is 23.5 Å². The average molecular weight is 803 g/mol. The van der Waals surface area contributed by atoms with Gasteiger partial charge in [0.15, 0.2) is 17.4 Å². The number of ether oxygens (including phenoxy) is 1. The summed E-state index contributed by atoms with van der Waals surface area (Å²) >= 11 is 0. The first-order chi connectivity index (χ1) is 28.5. The Morgan fingerprint density at radius 2 is 1.83 bits per heavy atom. The molecule has 2 fully saturated rings. The number of fused-ring (bicyclic) bond motifs is 2. The van der Waals surface area contributed by atoms with Crippen LogP contribution in [0.15, 0.2) is 54.9 Å². The second-order valence-electron chi connectivity index (χ2n) is 15.5. The standard InChI is InChI=1S/C44H44F2N8O5/c1-26(2)53-18-19-59-41-33(45)21-31(22-36(41)53)40-34(46)24-48-44(51-40)49-37-12-10-29(23-47-37)28-14-16-52(17-15-28)39(56)7-5-3-4-6-27-8-9-30-25-54(43(58)32(30)20-27)35-11-13-38(55)50-42(35)57/h8-10,12,20-24,26,28,35H,3,5,7,11,13-19,25H2,1-2H3,(H,50,55,57)(H,47,48,49,51). The van der Waals surface area contributed by atoms with Crippen molar-refractivity contribution in [3.05, 3.63) is 88.7 Å². The Bertz CT molecular complexity index is 2370. The van der Waals surface area contributed by atoms with Gasteiger partial charge in [0.25, 0.3) is 5.91 Å². The molecule has 304 valence electrons. The van der Waals surface area contributed by atoms with Gasteiger partial charge in [-0.25, -0.2) is 23.7 Å². The van der Waals surface area contributed by atoms with E-state index in [9.17, 15) is 19.2 Å². The molecule has 4 aliphatic rings. The summed E-state index contributed by atoms with van der Waals surface area (Å²) in [6.07, 6.45) is 6.52. The second-order valence-corrected chi connectivity index (χ2v) is 15.5. The third kappa shape index (κ3) is 8.43. The Hall–Kier alpha value is -6.43. The van der Waals surface area contributed by atoms with Crippen LogP contribution < -0.4 is 20.3 Å². The van der Waals surface area contributed by atoms with E-state index in [2.05, 4.69) is 37.4 Å². The van der Waals surface area contributed by atoms with Crippen molar-refractivity contribution in [2.75, 3.05) is 36.5 Å². The number of aromatic nitrogens is 3. The highest BCUT2D eigenvalue weighted by atomic mass is 19.1. The van der Waals surface area contributed by atoms with E-state index in [1.807, 2.05) is 47.9 Å². The molecule has 1 unspecified atom stereocenters. The number of unbranched alkanes of at least 4 members (excludes halogenated alkanes) is 1. The molecule has 4 amide bonds. The molecule has 6 heterocycles. The van der Waals surface area contributed by atoms with E-state index in [0.717, 1.165) is 30.2 Å². The van der Waals surface area contributed by atoms with E-state index in [4.69, 9.17) is 4.74 Å². The van der Waals surface area contributed by atoms with Gasteiger partial charge in [0.05, 0.1) is 18.4 Å². The molecule has 0 saturated carbocycles. The number of rotatable bonds is 9. The van der Waals surface area contributed by atoms with Crippen molar-refractivity contribution < 1.29 is 32.7 Å². The second kappa shape index (κ2) is 16.8. The molecule has 4 aromatic rings. The molecule has 15 heteroatoms. The zero-order valence-corrected chi connectivity index (χ0v) is 32.9. The summed E-state index contributed by atoms with van der Waals surface area (Å²) in [4.78, 5) is 68.4. The van der Waals surface area contributed by atoms with Gasteiger partial charge in [-0.05, 0) is 86.9 Å². The highest BCUT2D eigenvalue weighted by molar-refractivity contribution is 6.05. The Balaban J connectivity index is 0.800. The van der Waals surface area contributed by atoms with Gasteiger partial charge in [0, 0.05) is 67.8 Å². The lowest BCUT2D eigenvalue weighted by Crippen LogP contribution is -2.52. The Kier molecular flexibility index (Phi) is 11.2. The fourth-order valence-electron chi connectivity index (χ4n) is 8.19. The quantitative estimate of drug-likeness (QED) is 0.120. The van der Waals surface area contributed by atoms with Crippen molar-refractivity contribution in [2.45, 2.75) is 83.3 Å². The molecule has 2 saturated heterocycles. The minimum Gasteiger partial charge on any atom is -0.486 e. The highest BCUT2D eigenvalue weighted by Gasteiger charge is 2.39. The normalized spacial score (nSPS) is 17.9. The molecule has 2 aromatic carbocycles. The largest absolute Gasteiger partial charge is 0.486 e. The Morgan fingerprint density at radius 3 is 2.59 bits per heavy atom. The molecular weight excluding hydrogens is 759 g/mol. The number of nitrogens with zero attached hydrogens (tertiary/aromatic N) is 6. The molecule has 1 atom stereocenters. The van der Waals surface area contributed by atoms with Crippen LogP contribution in [0.3, 0.4) is 0 Å². The van der Waals surface area contributed by atoms with E-state index in [-0.39, 0.29) is 59.1 Å². The number of carbonyl (C=O) groups is 4. The predicted molar refractivity (Wildman–Crippen MR) is 215 cm³/mol. The summed E-state index contributed by atoms with van der Waals surface area (Å²) < 4.78 is 35.7. The first-order valence-corrected chi connectivity index (χ1v) is 20.1. The minimum absolute atomic E-state index is 0.0409. The van der Waals surface area contributed by atoms with Crippen molar-refractivity contribution in [2.24, 2.45) is 0 Å². The zero-order valence-electron chi connectivity index (χ0n) is 32.9. The monoisotopic (exact) mass is 802 g/mol. The molecule has 8 rings (SSSR count). The molecule has 13 nitrogen and oxygen atoms in total. The average Bonchev–Trinajstić information content (AvgIpc) is 3.56. The van der Waals surface area contributed by atoms with Gasteiger partial charge in [0.2, 0.25) is 23.7 Å². The van der Waals surface area contributed by atoms with Crippen LogP contribution in [-0.4, -0.2) is 86.7 Å². The lowest BCUT2D eigenvalue weighted by molar-refractivity contribution is -0.137. The smallest absolute Gasteiger partial charge is 0.255 e. The third-order valence-electron chi connectivity index (χ3n) is 11.4. The summed E-state index contributed by atoms with van der Waals surface area (Å²) in [5.41, 5.74) is 3.88. The number of carbonyl (C=O) groups excluding carboxylic acids is 4. The van der Waals surface area contributed by atoms with E-state index in [0.29, 0.717) is 81.1 Å². The number of likely N-dealkylation sites (tertiary alicyclic amines) is 1. The fraction of sp³-hybridized carbons (Fsp3) is 0.386. The number of pyridine rings is 1. The summed E-state index contributed by atoms with van der Waals surface area (Å²) in [7, 11) is 0. The minimum atomic E-state index is -0.682. The number of piperidine rings is 2. The summed E-state index contributed by atoms with van der Waals surface area (Å²) in [5, 5.41) is 5.35. The van der Waals surface area contributed by atoms with Gasteiger partial charge in [-0.3, -0.25) is 24.5 Å². The molecule has 2 aromatic heterocycles. The van der Waals surface area contributed by atoms with Gasteiger partial charge in [-0.15, -0.1) is 0 Å². The van der Waals surface area contributed by atoms with Crippen LogP contribution in [0.2, 0.25) is 0 Å². The van der Waals surface area contributed by atoms with Crippen molar-refractivity contribution in [3.63, 3.8) is 0 Å². The zero-order chi connectivity index (χ0) is 41.2. The van der Waals surface area contributed by atoms with Gasteiger partial charge in [0.1, 0.15) is 24.2 Å². The lowest BCUT2D eigenvalue weighted by Gasteiger charge is -2.34. The van der Waals surface area contributed by atoms with Gasteiger partial charge < -0.3 is 24.8 Å². The Morgan fingerprint density at radius 1 is 1.00 bits per heavy atom. The fourth-order valence-corrected chi connectivity index (χ4v) is 8.19. The first-order valence-electron chi connectivity index (χ1n) is 20.1. The van der Waals surface area contributed by atoms with E-state index in [1.54, 1.807) is 18.3 Å². The summed E-state index contributed by atoms with van der Waals surface area (Å²) in [6.45, 7) is 6.57. The van der Waals surface area contributed by atoms with Crippen molar-refractivity contribution >= 4 is 41.1 Å². The molecule has 0 radical (unpaired) electrons. The number of halogens is 2. The van der Waals surface area contributed by atoms with Crippen molar-refractivity contribution in [3.8, 4) is 28.8 Å². The molecule has 59 heavy (non-hydrogen) atoms. The number of nitrogens with one attached hydrogen (secondary N) is 2. The Labute approximate surface area is 340 Å². The van der Waals surface area contributed by atoms with E-state index < -0.39 is 23.6 Å². The molecular formula is C44H44F2N8O5. The molecule has 0 spiro atoms. The molecule has 2 N–H and O–H groups in total. The number of anilines is 3. The molecule has 0 bridgehead atoms. The van der Waals surface area contributed by atoms with Crippen LogP contribution in [0.5, 0.6) is 5.75 Å². The first kappa shape index (κ1) is 39.4. The maximum Gasteiger partial charge on any atom is 0.255 e. The van der Waals surface area contributed by atoms with Crippen LogP contribution in [0.1, 0.15) is 91.8 Å². The van der Waals surface area contributed by atoms with Crippen LogP contribution >= 0.6 is 0 Å². The number of imide groups is 1. The van der Waals surface area contributed by atoms with Crippen LogP contribution in [0.4, 0.5) is 26.2 Å². The van der Waals surface area contributed by atoms with Crippen molar-refractivity contribution in [1.82, 2.24) is 30.1 Å². The molecule has 0 aliphatic carbocycles. The van der Waals surface area contributed by atoms with E-state index in [1.165, 1.54) is 11.0 Å². The topological polar surface area (TPSA) is 150 Å². The van der Waals surface area contributed by atoms with Gasteiger partial charge in [-0.1, -0.05) is 24.0 Å². The van der Waals surface area contributed by atoms with E-state index >= 15 is 8.78 Å².